The molecule has 1 amide bonds. The van der Waals surface area contributed by atoms with Crippen molar-refractivity contribution < 1.29 is 14.3 Å². The van der Waals surface area contributed by atoms with Crippen LogP contribution in [0.5, 0.6) is 0 Å². The summed E-state index contributed by atoms with van der Waals surface area (Å²) in [5.74, 6) is -0.238. The van der Waals surface area contributed by atoms with Gasteiger partial charge < -0.3 is 10.1 Å². The highest BCUT2D eigenvalue weighted by atomic mass is 32.1. The molecule has 22 heavy (non-hydrogen) atoms. The van der Waals surface area contributed by atoms with Crippen LogP contribution in [0, 0.1) is 5.92 Å². The number of thiophene rings is 1. The van der Waals surface area contributed by atoms with Crippen LogP contribution in [0.15, 0.2) is 17.5 Å². The molecule has 1 saturated heterocycles. The minimum Gasteiger partial charge on any atom is -0.466 e. The molecule has 1 aliphatic heterocycles. The van der Waals surface area contributed by atoms with Crippen molar-refractivity contribution in [3.8, 4) is 0 Å². The molecule has 1 aromatic rings. The quantitative estimate of drug-likeness (QED) is 0.814. The SMILES string of the molecule is CCOC(=O)C1CCCN(C(C)C(=O)NCc2cccs2)C1. The van der Waals surface area contributed by atoms with Gasteiger partial charge in [-0.05, 0) is 44.7 Å². The average molecular weight is 324 g/mol. The van der Waals surface area contributed by atoms with Crippen molar-refractivity contribution in [3.63, 3.8) is 0 Å². The zero-order chi connectivity index (χ0) is 15.9. The molecule has 1 aromatic heterocycles. The first-order chi connectivity index (χ1) is 10.6. The van der Waals surface area contributed by atoms with Crippen LogP contribution in [-0.4, -0.2) is 42.5 Å². The normalized spacial score (nSPS) is 20.4. The van der Waals surface area contributed by atoms with Crippen LogP contribution in [-0.2, 0) is 20.9 Å². The molecule has 1 aliphatic rings. The predicted octanol–water partition coefficient (Wildman–Crippen LogP) is 2.03. The second kappa shape index (κ2) is 8.29. The number of nitrogens with zero attached hydrogens (tertiary/aromatic N) is 1. The van der Waals surface area contributed by atoms with Gasteiger partial charge in [-0.25, -0.2) is 0 Å². The number of hydrogen-bond donors (Lipinski definition) is 1. The van der Waals surface area contributed by atoms with E-state index in [9.17, 15) is 9.59 Å². The minimum absolute atomic E-state index is 0.0120. The first-order valence-electron chi connectivity index (χ1n) is 7.82. The molecule has 2 atom stereocenters. The van der Waals surface area contributed by atoms with Crippen LogP contribution in [0.1, 0.15) is 31.6 Å². The van der Waals surface area contributed by atoms with Crippen molar-refractivity contribution in [1.29, 1.82) is 0 Å². The number of nitrogens with one attached hydrogen (secondary N) is 1. The number of carbonyl (C=O) groups is 2. The molecule has 1 N–H and O–H groups in total. The Morgan fingerprint density at radius 3 is 3.05 bits per heavy atom. The van der Waals surface area contributed by atoms with Crippen LogP contribution >= 0.6 is 11.3 Å². The van der Waals surface area contributed by atoms with E-state index in [1.54, 1.807) is 11.3 Å². The van der Waals surface area contributed by atoms with E-state index < -0.39 is 0 Å². The summed E-state index contributed by atoms with van der Waals surface area (Å²) in [5.41, 5.74) is 0. The third-order valence-corrected chi connectivity index (χ3v) is 4.89. The fraction of sp³-hybridized carbons (Fsp3) is 0.625. The van der Waals surface area contributed by atoms with E-state index in [-0.39, 0.29) is 23.8 Å². The summed E-state index contributed by atoms with van der Waals surface area (Å²) in [6, 6.07) is 3.76. The number of esters is 1. The Bertz CT molecular complexity index is 490. The summed E-state index contributed by atoms with van der Waals surface area (Å²) in [7, 11) is 0. The number of hydrogen-bond acceptors (Lipinski definition) is 5. The summed E-state index contributed by atoms with van der Waals surface area (Å²) < 4.78 is 5.10. The van der Waals surface area contributed by atoms with E-state index in [1.165, 1.54) is 0 Å². The van der Waals surface area contributed by atoms with Gasteiger partial charge in [0, 0.05) is 11.4 Å². The van der Waals surface area contributed by atoms with Gasteiger partial charge in [0.25, 0.3) is 0 Å². The Morgan fingerprint density at radius 1 is 1.55 bits per heavy atom. The second-order valence-electron chi connectivity index (χ2n) is 5.56. The molecule has 0 spiro atoms. The lowest BCUT2D eigenvalue weighted by Crippen LogP contribution is -2.50. The molecule has 2 unspecified atom stereocenters. The zero-order valence-electron chi connectivity index (χ0n) is 13.2. The zero-order valence-corrected chi connectivity index (χ0v) is 14.0. The predicted molar refractivity (Wildman–Crippen MR) is 86.6 cm³/mol. The summed E-state index contributed by atoms with van der Waals surface area (Å²) in [6.07, 6.45) is 1.77. The molecule has 2 rings (SSSR count). The van der Waals surface area contributed by atoms with Gasteiger partial charge in [0.15, 0.2) is 0 Å². The highest BCUT2D eigenvalue weighted by Crippen LogP contribution is 2.20. The number of carbonyl (C=O) groups excluding carboxylic acids is 2. The lowest BCUT2D eigenvalue weighted by atomic mass is 9.97. The second-order valence-corrected chi connectivity index (χ2v) is 6.59. The Labute approximate surface area is 135 Å². The van der Waals surface area contributed by atoms with E-state index in [1.807, 2.05) is 31.4 Å². The number of likely N-dealkylation sites (tertiary alicyclic amines) is 1. The molecule has 0 bridgehead atoms. The molecule has 0 saturated carbocycles. The van der Waals surface area contributed by atoms with Crippen LogP contribution in [0.4, 0.5) is 0 Å². The third kappa shape index (κ3) is 4.55. The Hall–Kier alpha value is -1.40. The van der Waals surface area contributed by atoms with Crippen LogP contribution in [0.2, 0.25) is 0 Å². The largest absolute Gasteiger partial charge is 0.466 e. The van der Waals surface area contributed by atoms with Gasteiger partial charge in [-0.2, -0.15) is 0 Å². The lowest BCUT2D eigenvalue weighted by molar-refractivity contribution is -0.151. The van der Waals surface area contributed by atoms with E-state index in [2.05, 4.69) is 10.2 Å². The molecule has 0 radical (unpaired) electrons. The van der Waals surface area contributed by atoms with E-state index in [4.69, 9.17) is 4.74 Å². The maximum atomic E-state index is 12.3. The van der Waals surface area contributed by atoms with Gasteiger partial charge in [0.2, 0.25) is 5.91 Å². The van der Waals surface area contributed by atoms with Gasteiger partial charge >= 0.3 is 5.97 Å². The fourth-order valence-electron chi connectivity index (χ4n) is 2.71. The van der Waals surface area contributed by atoms with Crippen LogP contribution < -0.4 is 5.32 Å². The highest BCUT2D eigenvalue weighted by Gasteiger charge is 2.31. The molecule has 5 nitrogen and oxygen atoms in total. The fourth-order valence-corrected chi connectivity index (χ4v) is 3.36. The van der Waals surface area contributed by atoms with E-state index >= 15 is 0 Å². The van der Waals surface area contributed by atoms with Crippen molar-refractivity contribution in [3.05, 3.63) is 22.4 Å². The van der Waals surface area contributed by atoms with E-state index in [0.29, 0.717) is 19.7 Å². The van der Waals surface area contributed by atoms with Gasteiger partial charge in [-0.15, -0.1) is 11.3 Å². The maximum absolute atomic E-state index is 12.3. The number of rotatable bonds is 6. The summed E-state index contributed by atoms with van der Waals surface area (Å²) in [6.45, 7) is 6.15. The molecule has 0 aromatic carbocycles. The monoisotopic (exact) mass is 324 g/mol. The minimum atomic E-state index is -0.225. The number of piperidine rings is 1. The molecule has 1 fully saturated rings. The van der Waals surface area contributed by atoms with Gasteiger partial charge in [0.05, 0.1) is 25.1 Å². The van der Waals surface area contributed by atoms with Crippen molar-refractivity contribution in [2.24, 2.45) is 5.92 Å². The van der Waals surface area contributed by atoms with Crippen LogP contribution in [0.25, 0.3) is 0 Å². The maximum Gasteiger partial charge on any atom is 0.310 e. The van der Waals surface area contributed by atoms with Crippen molar-refractivity contribution >= 4 is 23.2 Å². The lowest BCUT2D eigenvalue weighted by Gasteiger charge is -2.35. The Balaban J connectivity index is 1.83. The molecular weight excluding hydrogens is 300 g/mol. The summed E-state index contributed by atoms with van der Waals surface area (Å²) in [5, 5.41) is 4.96. The van der Waals surface area contributed by atoms with Crippen molar-refractivity contribution in [2.45, 2.75) is 39.3 Å². The molecule has 0 aliphatic carbocycles. The number of ether oxygens (including phenoxy) is 1. The van der Waals surface area contributed by atoms with Gasteiger partial charge in [-0.3, -0.25) is 14.5 Å². The van der Waals surface area contributed by atoms with Crippen LogP contribution in [0.3, 0.4) is 0 Å². The Kier molecular flexibility index (Phi) is 6.39. The smallest absolute Gasteiger partial charge is 0.310 e. The molecular formula is C16H24N2O3S. The van der Waals surface area contributed by atoms with Crippen molar-refractivity contribution in [2.75, 3.05) is 19.7 Å². The van der Waals surface area contributed by atoms with Gasteiger partial charge in [0.1, 0.15) is 0 Å². The first kappa shape index (κ1) is 17.0. The standard InChI is InChI=1S/C16H24N2O3S/c1-3-21-16(20)13-6-4-8-18(11-13)12(2)15(19)17-10-14-7-5-9-22-14/h5,7,9,12-13H,3-4,6,8,10-11H2,1-2H3,(H,17,19). The summed E-state index contributed by atoms with van der Waals surface area (Å²) in [4.78, 5) is 27.4. The molecule has 2 heterocycles. The molecule has 122 valence electrons. The topological polar surface area (TPSA) is 58.6 Å². The summed E-state index contributed by atoms with van der Waals surface area (Å²) >= 11 is 1.63. The van der Waals surface area contributed by atoms with Gasteiger partial charge in [-0.1, -0.05) is 6.07 Å². The van der Waals surface area contributed by atoms with Crippen molar-refractivity contribution in [1.82, 2.24) is 10.2 Å². The molecule has 6 heteroatoms. The number of amides is 1. The Morgan fingerprint density at radius 2 is 2.36 bits per heavy atom. The van der Waals surface area contributed by atoms with E-state index in [0.717, 1.165) is 24.3 Å². The first-order valence-corrected chi connectivity index (χ1v) is 8.70. The third-order valence-electron chi connectivity index (χ3n) is 4.02. The highest BCUT2D eigenvalue weighted by molar-refractivity contribution is 7.09. The average Bonchev–Trinajstić information content (AvgIpc) is 3.05.